The van der Waals surface area contributed by atoms with Crippen LogP contribution in [0.1, 0.15) is 23.0 Å². The highest BCUT2D eigenvalue weighted by molar-refractivity contribution is 6.04. The van der Waals surface area contributed by atoms with Gasteiger partial charge >= 0.3 is 0 Å². The van der Waals surface area contributed by atoms with Crippen LogP contribution in [0.2, 0.25) is 0 Å². The van der Waals surface area contributed by atoms with Gasteiger partial charge in [-0.25, -0.2) is 4.68 Å². The van der Waals surface area contributed by atoms with E-state index in [9.17, 15) is 9.59 Å². The number of benzene rings is 2. The van der Waals surface area contributed by atoms with Crippen molar-refractivity contribution in [2.75, 3.05) is 4.90 Å². The molecule has 0 spiro atoms. The van der Waals surface area contributed by atoms with Crippen LogP contribution in [0.3, 0.4) is 0 Å². The minimum Gasteiger partial charge on any atom is -0.303 e. The van der Waals surface area contributed by atoms with Crippen LogP contribution < -0.4 is 10.5 Å². The number of hydrogen-bond acceptors (Lipinski definition) is 3. The normalized spacial score (nSPS) is 10.4. The van der Waals surface area contributed by atoms with Crippen LogP contribution >= 0.6 is 0 Å². The van der Waals surface area contributed by atoms with E-state index < -0.39 is 0 Å². The largest absolute Gasteiger partial charge is 0.303 e. The Morgan fingerprint density at radius 1 is 0.960 bits per heavy atom. The molecule has 0 unspecified atom stereocenters. The molecular weight excluding hydrogens is 314 g/mol. The van der Waals surface area contributed by atoms with Gasteiger partial charge in [-0.15, -0.1) is 0 Å². The lowest BCUT2D eigenvalue weighted by Crippen LogP contribution is -2.33. The van der Waals surface area contributed by atoms with Crippen molar-refractivity contribution in [3.8, 4) is 0 Å². The quantitative estimate of drug-likeness (QED) is 0.721. The van der Waals surface area contributed by atoms with E-state index in [1.165, 1.54) is 16.8 Å². The lowest BCUT2D eigenvalue weighted by molar-refractivity contribution is 0.0978. The molecule has 3 aromatic rings. The average Bonchev–Trinajstić information content (AvgIpc) is 2.67. The molecule has 1 heterocycles. The lowest BCUT2D eigenvalue weighted by atomic mass is 10.2. The first-order valence-electron chi connectivity index (χ1n) is 8.18. The van der Waals surface area contributed by atoms with Crippen molar-refractivity contribution < 1.29 is 4.79 Å². The Kier molecular flexibility index (Phi) is 5.04. The first-order valence-corrected chi connectivity index (χ1v) is 8.18. The van der Waals surface area contributed by atoms with Gasteiger partial charge < -0.3 is 4.90 Å². The molecule has 0 aliphatic heterocycles. The van der Waals surface area contributed by atoms with Gasteiger partial charge in [0.2, 0.25) is 0 Å². The highest BCUT2D eigenvalue weighted by atomic mass is 16.2. The number of nitrogens with zero attached hydrogens (tertiary/aromatic N) is 3. The lowest BCUT2D eigenvalue weighted by Gasteiger charge is -2.23. The molecule has 5 nitrogen and oxygen atoms in total. The van der Waals surface area contributed by atoms with Crippen molar-refractivity contribution in [1.82, 2.24) is 9.78 Å². The van der Waals surface area contributed by atoms with Gasteiger partial charge in [0.25, 0.3) is 11.5 Å². The summed E-state index contributed by atoms with van der Waals surface area (Å²) in [6, 6.07) is 22.1. The molecule has 0 saturated heterocycles. The second-order valence-corrected chi connectivity index (χ2v) is 5.59. The van der Waals surface area contributed by atoms with Gasteiger partial charge in [0.15, 0.2) is 0 Å². The zero-order chi connectivity index (χ0) is 17.6. The van der Waals surface area contributed by atoms with Crippen LogP contribution in [0.4, 0.5) is 5.69 Å². The molecule has 0 bridgehead atoms. The van der Waals surface area contributed by atoms with Crippen molar-refractivity contribution in [2.24, 2.45) is 0 Å². The summed E-state index contributed by atoms with van der Waals surface area (Å²) in [4.78, 5) is 26.5. The Morgan fingerprint density at radius 2 is 1.60 bits per heavy atom. The monoisotopic (exact) mass is 333 g/mol. The topological polar surface area (TPSA) is 55.2 Å². The first kappa shape index (κ1) is 16.6. The van der Waals surface area contributed by atoms with Crippen LogP contribution in [0, 0.1) is 0 Å². The molecule has 0 aliphatic rings. The molecule has 126 valence electrons. The van der Waals surface area contributed by atoms with Gasteiger partial charge in [0.1, 0.15) is 5.69 Å². The van der Waals surface area contributed by atoms with Crippen molar-refractivity contribution in [3.63, 3.8) is 0 Å². The highest BCUT2D eigenvalue weighted by Crippen LogP contribution is 2.19. The third-order valence-corrected chi connectivity index (χ3v) is 3.88. The van der Waals surface area contributed by atoms with Gasteiger partial charge in [-0.05, 0) is 30.7 Å². The van der Waals surface area contributed by atoms with E-state index in [1.54, 1.807) is 4.90 Å². The van der Waals surface area contributed by atoms with Crippen LogP contribution in [0.25, 0.3) is 0 Å². The molecule has 0 atom stereocenters. The van der Waals surface area contributed by atoms with E-state index in [0.717, 1.165) is 11.3 Å². The van der Waals surface area contributed by atoms with Crippen molar-refractivity contribution >= 4 is 11.6 Å². The fourth-order valence-corrected chi connectivity index (χ4v) is 2.58. The number of aryl methyl sites for hydroxylation is 1. The SMILES string of the molecule is CCn1nc(C(=O)N(Cc2ccccc2)c2ccccc2)ccc1=O. The van der Waals surface area contributed by atoms with Crippen molar-refractivity contribution in [2.45, 2.75) is 20.0 Å². The molecule has 0 fully saturated rings. The minimum atomic E-state index is -0.239. The number of rotatable bonds is 5. The molecule has 0 saturated carbocycles. The van der Waals surface area contributed by atoms with E-state index in [4.69, 9.17) is 0 Å². The Balaban J connectivity index is 1.99. The van der Waals surface area contributed by atoms with E-state index in [1.807, 2.05) is 67.6 Å². The van der Waals surface area contributed by atoms with Crippen LogP contribution in [-0.4, -0.2) is 15.7 Å². The zero-order valence-electron chi connectivity index (χ0n) is 14.0. The van der Waals surface area contributed by atoms with E-state index >= 15 is 0 Å². The Labute approximate surface area is 146 Å². The Morgan fingerprint density at radius 3 is 2.24 bits per heavy atom. The molecule has 0 N–H and O–H groups in total. The van der Waals surface area contributed by atoms with E-state index in [-0.39, 0.29) is 17.2 Å². The third kappa shape index (κ3) is 3.83. The summed E-state index contributed by atoms with van der Waals surface area (Å²) in [5.41, 5.74) is 1.84. The maximum Gasteiger partial charge on any atom is 0.279 e. The fraction of sp³-hybridized carbons (Fsp3) is 0.150. The summed E-state index contributed by atoms with van der Waals surface area (Å²) in [6.45, 7) is 2.67. The van der Waals surface area contributed by atoms with Crippen molar-refractivity contribution in [1.29, 1.82) is 0 Å². The number of anilines is 1. The number of carbonyl (C=O) groups is 1. The summed E-state index contributed by atoms with van der Waals surface area (Å²) in [5, 5.41) is 4.19. The predicted octanol–water partition coefficient (Wildman–Crippen LogP) is 3.11. The summed E-state index contributed by atoms with van der Waals surface area (Å²) in [6.07, 6.45) is 0. The second-order valence-electron chi connectivity index (χ2n) is 5.59. The molecule has 0 radical (unpaired) electrons. The second kappa shape index (κ2) is 7.57. The van der Waals surface area contributed by atoms with Gasteiger partial charge in [-0.1, -0.05) is 48.5 Å². The Hall–Kier alpha value is -3.21. The third-order valence-electron chi connectivity index (χ3n) is 3.88. The minimum absolute atomic E-state index is 0.214. The summed E-state index contributed by atoms with van der Waals surface area (Å²) >= 11 is 0. The molecule has 25 heavy (non-hydrogen) atoms. The zero-order valence-corrected chi connectivity index (χ0v) is 14.0. The maximum absolute atomic E-state index is 13.1. The molecule has 0 aliphatic carbocycles. The van der Waals surface area contributed by atoms with Gasteiger partial charge in [0.05, 0.1) is 6.54 Å². The predicted molar refractivity (Wildman–Crippen MR) is 97.6 cm³/mol. The molecule has 3 rings (SSSR count). The fourth-order valence-electron chi connectivity index (χ4n) is 2.58. The summed E-state index contributed by atoms with van der Waals surface area (Å²) in [7, 11) is 0. The maximum atomic E-state index is 13.1. The average molecular weight is 333 g/mol. The molecule has 1 aromatic heterocycles. The van der Waals surface area contributed by atoms with Crippen molar-refractivity contribution in [3.05, 3.63) is 94.4 Å². The molecule has 5 heteroatoms. The number of hydrogen-bond donors (Lipinski definition) is 0. The molecule has 2 aromatic carbocycles. The van der Waals surface area contributed by atoms with Crippen LogP contribution in [0.15, 0.2) is 77.6 Å². The number of aromatic nitrogens is 2. The molecular formula is C20H19N3O2. The summed E-state index contributed by atoms with van der Waals surface area (Å²) < 4.78 is 1.29. The van der Waals surface area contributed by atoms with Crippen LogP contribution in [-0.2, 0) is 13.1 Å². The first-order chi connectivity index (χ1) is 12.2. The summed E-state index contributed by atoms with van der Waals surface area (Å²) in [5.74, 6) is -0.239. The molecule has 1 amide bonds. The number of para-hydroxylation sites is 1. The number of carbonyl (C=O) groups excluding carboxylic acids is 1. The van der Waals surface area contributed by atoms with Crippen LogP contribution in [0.5, 0.6) is 0 Å². The Bertz CT molecular complexity index is 905. The standard InChI is InChI=1S/C20H19N3O2/c1-2-23-19(24)14-13-18(21-23)20(25)22(17-11-7-4-8-12-17)15-16-9-5-3-6-10-16/h3-14H,2,15H2,1H3. The number of amides is 1. The smallest absolute Gasteiger partial charge is 0.279 e. The van der Waals surface area contributed by atoms with Gasteiger partial charge in [-0.3, -0.25) is 9.59 Å². The van der Waals surface area contributed by atoms with Gasteiger partial charge in [0, 0.05) is 18.3 Å². The van der Waals surface area contributed by atoms with E-state index in [2.05, 4.69) is 5.10 Å². The highest BCUT2D eigenvalue weighted by Gasteiger charge is 2.20. The van der Waals surface area contributed by atoms with Gasteiger partial charge in [-0.2, -0.15) is 5.10 Å². The van der Waals surface area contributed by atoms with E-state index in [0.29, 0.717) is 13.1 Å².